The molecule has 0 radical (unpaired) electrons. The topological polar surface area (TPSA) is 81.1 Å². The Kier molecular flexibility index (Phi) is 3.08. The van der Waals surface area contributed by atoms with E-state index in [0.717, 1.165) is 50.3 Å². The summed E-state index contributed by atoms with van der Waals surface area (Å²) in [4.78, 5) is 12.8. The van der Waals surface area contributed by atoms with Crippen LogP contribution in [-0.2, 0) is 12.8 Å². The van der Waals surface area contributed by atoms with Crippen LogP contribution in [0.3, 0.4) is 0 Å². The molecule has 0 spiro atoms. The van der Waals surface area contributed by atoms with Gasteiger partial charge in [0.25, 0.3) is 0 Å². The average Bonchev–Trinajstić information content (AvgIpc) is 3.05. The number of hydrogen-bond acceptors (Lipinski definition) is 6. The minimum absolute atomic E-state index is 0.235. The smallest absolute Gasteiger partial charge is 0.222 e. The Morgan fingerprint density at radius 1 is 1.29 bits per heavy atom. The van der Waals surface area contributed by atoms with E-state index in [0.29, 0.717) is 5.95 Å². The third-order valence-corrected chi connectivity index (χ3v) is 5.34. The maximum Gasteiger partial charge on any atom is 0.222 e. The van der Waals surface area contributed by atoms with Crippen LogP contribution in [0.1, 0.15) is 23.3 Å². The van der Waals surface area contributed by atoms with Crippen molar-refractivity contribution >= 4 is 23.1 Å². The molecule has 3 heterocycles. The Morgan fingerprint density at radius 2 is 2.19 bits per heavy atom. The van der Waals surface area contributed by atoms with Crippen molar-refractivity contribution < 1.29 is 0 Å². The molecule has 0 aromatic carbocycles. The number of hydrogen-bond donors (Lipinski definition) is 2. The van der Waals surface area contributed by atoms with E-state index in [2.05, 4.69) is 26.3 Å². The summed E-state index contributed by atoms with van der Waals surface area (Å²) in [5.74, 6) is 1.37. The Hall–Kier alpha value is -1.66. The largest absolute Gasteiger partial charge is 0.368 e. The van der Waals surface area contributed by atoms with Crippen molar-refractivity contribution in [1.82, 2.24) is 9.97 Å². The van der Waals surface area contributed by atoms with Gasteiger partial charge in [0.05, 0.1) is 5.69 Å². The highest BCUT2D eigenvalue weighted by Gasteiger charge is 2.27. The van der Waals surface area contributed by atoms with Crippen LogP contribution >= 0.6 is 11.3 Å². The van der Waals surface area contributed by atoms with E-state index >= 15 is 0 Å². The maximum absolute atomic E-state index is 6.05. The number of thiophene rings is 1. The molecule has 1 saturated heterocycles. The minimum Gasteiger partial charge on any atom is -0.368 e. The van der Waals surface area contributed by atoms with E-state index in [-0.39, 0.29) is 6.04 Å². The zero-order valence-corrected chi connectivity index (χ0v) is 12.7. The van der Waals surface area contributed by atoms with E-state index in [4.69, 9.17) is 11.5 Å². The molecule has 0 unspecified atom stereocenters. The van der Waals surface area contributed by atoms with Crippen LogP contribution in [0.4, 0.5) is 11.8 Å². The third-order valence-electron chi connectivity index (χ3n) is 4.36. The van der Waals surface area contributed by atoms with E-state index in [1.165, 1.54) is 16.0 Å². The first kappa shape index (κ1) is 13.0. The zero-order valence-electron chi connectivity index (χ0n) is 11.9. The zero-order chi connectivity index (χ0) is 14.4. The minimum atomic E-state index is 0.235. The molecule has 6 heteroatoms. The van der Waals surface area contributed by atoms with E-state index in [1.54, 1.807) is 0 Å². The first-order valence-electron chi connectivity index (χ1n) is 7.46. The number of aromatic nitrogens is 2. The molecule has 0 bridgehead atoms. The monoisotopic (exact) mass is 301 g/mol. The second-order valence-corrected chi connectivity index (χ2v) is 6.84. The summed E-state index contributed by atoms with van der Waals surface area (Å²) in [5, 5.41) is 2.14. The molecule has 1 aliphatic carbocycles. The average molecular weight is 301 g/mol. The van der Waals surface area contributed by atoms with E-state index < -0.39 is 0 Å². The van der Waals surface area contributed by atoms with Gasteiger partial charge in [-0.2, -0.15) is 4.98 Å². The molecule has 0 amide bonds. The van der Waals surface area contributed by atoms with Crippen molar-refractivity contribution in [1.29, 1.82) is 0 Å². The normalized spacial score (nSPS) is 21.0. The van der Waals surface area contributed by atoms with E-state index in [9.17, 15) is 0 Å². The number of aryl methyl sites for hydroxylation is 1. The molecule has 110 valence electrons. The van der Waals surface area contributed by atoms with Crippen LogP contribution in [0.15, 0.2) is 11.4 Å². The summed E-state index contributed by atoms with van der Waals surface area (Å²) < 4.78 is 0. The molecule has 1 aliphatic heterocycles. The van der Waals surface area contributed by atoms with Gasteiger partial charge in [0, 0.05) is 35.1 Å². The van der Waals surface area contributed by atoms with Crippen LogP contribution in [0, 0.1) is 0 Å². The first-order valence-corrected chi connectivity index (χ1v) is 8.34. The van der Waals surface area contributed by atoms with Crippen LogP contribution in [0.5, 0.6) is 0 Å². The molecule has 4 rings (SSSR count). The van der Waals surface area contributed by atoms with Gasteiger partial charge in [-0.3, -0.25) is 0 Å². The Morgan fingerprint density at radius 3 is 3.00 bits per heavy atom. The SMILES string of the molecule is Nc1nc2c(c(N3CC[C@@H](N)C3)n1)CCCc1sccc1-2. The lowest BCUT2D eigenvalue weighted by Gasteiger charge is -2.21. The highest BCUT2D eigenvalue weighted by molar-refractivity contribution is 7.10. The summed E-state index contributed by atoms with van der Waals surface area (Å²) in [6.07, 6.45) is 4.28. The van der Waals surface area contributed by atoms with Crippen molar-refractivity contribution in [3.8, 4) is 11.3 Å². The third kappa shape index (κ3) is 2.18. The molecule has 1 fully saturated rings. The fourth-order valence-electron chi connectivity index (χ4n) is 3.35. The number of nitrogens with zero attached hydrogens (tertiary/aromatic N) is 3. The van der Waals surface area contributed by atoms with Gasteiger partial charge in [0.2, 0.25) is 5.95 Å². The number of nitrogen functional groups attached to an aromatic ring is 1. The molecule has 4 N–H and O–H groups in total. The van der Waals surface area contributed by atoms with Gasteiger partial charge in [0.1, 0.15) is 5.82 Å². The second-order valence-electron chi connectivity index (χ2n) is 5.84. The highest BCUT2D eigenvalue weighted by Crippen LogP contribution is 2.38. The second kappa shape index (κ2) is 4.96. The van der Waals surface area contributed by atoms with Gasteiger partial charge in [-0.05, 0) is 37.1 Å². The van der Waals surface area contributed by atoms with Gasteiger partial charge in [-0.25, -0.2) is 4.98 Å². The summed E-state index contributed by atoms with van der Waals surface area (Å²) in [6.45, 7) is 1.82. The fraction of sp³-hybridized carbons (Fsp3) is 0.467. The lowest BCUT2D eigenvalue weighted by molar-refractivity contribution is 0.750. The Balaban J connectivity index is 1.87. The molecule has 21 heavy (non-hydrogen) atoms. The summed E-state index contributed by atoms with van der Waals surface area (Å²) in [7, 11) is 0. The maximum atomic E-state index is 6.05. The van der Waals surface area contributed by atoms with Crippen molar-refractivity contribution in [2.45, 2.75) is 31.7 Å². The van der Waals surface area contributed by atoms with Crippen LogP contribution in [-0.4, -0.2) is 29.1 Å². The fourth-order valence-corrected chi connectivity index (χ4v) is 4.28. The van der Waals surface area contributed by atoms with Crippen LogP contribution < -0.4 is 16.4 Å². The van der Waals surface area contributed by atoms with Crippen LogP contribution in [0.25, 0.3) is 11.3 Å². The summed E-state index contributed by atoms with van der Waals surface area (Å²) >= 11 is 1.81. The Labute approximate surface area is 128 Å². The summed E-state index contributed by atoms with van der Waals surface area (Å²) in [6, 6.07) is 2.40. The number of nitrogens with two attached hydrogens (primary N) is 2. The van der Waals surface area contributed by atoms with E-state index in [1.807, 2.05) is 11.3 Å². The standard InChI is InChI=1S/C15H19N5S/c16-9-4-6-20(8-9)14-11-2-1-3-12-10(5-7-21-12)13(11)18-15(17)19-14/h5,7,9H,1-4,6,8,16H2,(H2,17,18,19)/t9-/m1/s1. The molecular formula is C15H19N5S. The van der Waals surface area contributed by atoms with Gasteiger partial charge < -0.3 is 16.4 Å². The molecular weight excluding hydrogens is 282 g/mol. The van der Waals surface area contributed by atoms with Crippen molar-refractivity contribution in [2.24, 2.45) is 5.73 Å². The van der Waals surface area contributed by atoms with Crippen molar-refractivity contribution in [2.75, 3.05) is 23.7 Å². The predicted molar refractivity (Wildman–Crippen MR) is 86.6 cm³/mol. The number of fused-ring (bicyclic) bond motifs is 3. The van der Waals surface area contributed by atoms with Crippen molar-refractivity contribution in [3.05, 3.63) is 21.9 Å². The summed E-state index contributed by atoms with van der Waals surface area (Å²) in [5.41, 5.74) is 15.6. The quantitative estimate of drug-likeness (QED) is 0.839. The Bertz CT molecular complexity index is 681. The van der Waals surface area contributed by atoms with Gasteiger partial charge in [0.15, 0.2) is 0 Å². The van der Waals surface area contributed by atoms with Gasteiger partial charge in [-0.15, -0.1) is 11.3 Å². The molecule has 5 nitrogen and oxygen atoms in total. The van der Waals surface area contributed by atoms with Crippen LogP contribution in [0.2, 0.25) is 0 Å². The van der Waals surface area contributed by atoms with Crippen molar-refractivity contribution in [3.63, 3.8) is 0 Å². The first-order chi connectivity index (χ1) is 10.2. The number of rotatable bonds is 1. The van der Waals surface area contributed by atoms with Gasteiger partial charge in [-0.1, -0.05) is 0 Å². The predicted octanol–water partition coefficient (Wildman–Crippen LogP) is 1.81. The molecule has 2 aliphatic rings. The lowest BCUT2D eigenvalue weighted by Crippen LogP contribution is -2.28. The molecule has 1 atom stereocenters. The lowest BCUT2D eigenvalue weighted by atomic mass is 10.1. The molecule has 0 saturated carbocycles. The molecule has 2 aromatic rings. The number of anilines is 2. The molecule has 2 aromatic heterocycles. The highest BCUT2D eigenvalue weighted by atomic mass is 32.1. The van der Waals surface area contributed by atoms with Gasteiger partial charge >= 0.3 is 0 Å².